The Morgan fingerprint density at radius 2 is 2.40 bits per heavy atom. The SMILES string of the molecule is Cc1cn([C@H]2CC(O)[C@](CO)(N=[N+]=[N-])O2)c(=O)[nH]c1=O. The minimum Gasteiger partial charge on any atom is -0.393 e. The van der Waals surface area contributed by atoms with E-state index in [0.29, 0.717) is 0 Å². The summed E-state index contributed by atoms with van der Waals surface area (Å²) in [6.07, 6.45) is -1.01. The van der Waals surface area contributed by atoms with Gasteiger partial charge in [-0.3, -0.25) is 14.3 Å². The summed E-state index contributed by atoms with van der Waals surface area (Å²) in [5.74, 6) is 0. The first-order valence-corrected chi connectivity index (χ1v) is 5.78. The average molecular weight is 283 g/mol. The second-order valence-electron chi connectivity index (χ2n) is 4.50. The van der Waals surface area contributed by atoms with E-state index in [0.717, 1.165) is 4.57 Å². The molecule has 0 amide bonds. The van der Waals surface area contributed by atoms with Gasteiger partial charge >= 0.3 is 5.69 Å². The van der Waals surface area contributed by atoms with Crippen LogP contribution >= 0.6 is 0 Å². The first-order chi connectivity index (χ1) is 9.43. The lowest BCUT2D eigenvalue weighted by atomic mass is 10.1. The Morgan fingerprint density at radius 1 is 1.70 bits per heavy atom. The van der Waals surface area contributed by atoms with Gasteiger partial charge < -0.3 is 14.9 Å². The fourth-order valence-electron chi connectivity index (χ4n) is 2.05. The summed E-state index contributed by atoms with van der Waals surface area (Å²) in [7, 11) is 0. The van der Waals surface area contributed by atoms with E-state index in [4.69, 9.17) is 10.3 Å². The molecule has 0 bridgehead atoms. The highest BCUT2D eigenvalue weighted by atomic mass is 16.6. The van der Waals surface area contributed by atoms with Crippen molar-refractivity contribution in [2.45, 2.75) is 31.4 Å². The van der Waals surface area contributed by atoms with Gasteiger partial charge in [0.15, 0.2) is 5.72 Å². The molecule has 3 N–H and O–H groups in total. The summed E-state index contributed by atoms with van der Waals surface area (Å²) >= 11 is 0. The van der Waals surface area contributed by atoms with E-state index in [1.165, 1.54) is 13.1 Å². The van der Waals surface area contributed by atoms with Gasteiger partial charge in [0.05, 0.1) is 12.7 Å². The van der Waals surface area contributed by atoms with Gasteiger partial charge in [0.1, 0.15) is 6.23 Å². The first kappa shape index (κ1) is 14.3. The van der Waals surface area contributed by atoms with Crippen molar-refractivity contribution in [3.05, 3.63) is 43.0 Å². The van der Waals surface area contributed by atoms with E-state index in [9.17, 15) is 19.8 Å². The number of rotatable bonds is 3. The number of H-pyrrole nitrogens is 1. The zero-order valence-electron chi connectivity index (χ0n) is 10.6. The number of azide groups is 1. The number of nitrogens with one attached hydrogen (secondary N) is 1. The number of aromatic amines is 1. The Bertz CT molecular complexity index is 675. The number of nitrogens with zero attached hydrogens (tertiary/aromatic N) is 4. The van der Waals surface area contributed by atoms with Gasteiger partial charge in [-0.1, -0.05) is 5.11 Å². The maximum absolute atomic E-state index is 11.7. The van der Waals surface area contributed by atoms with Crippen LogP contribution in [0.1, 0.15) is 18.2 Å². The van der Waals surface area contributed by atoms with Crippen molar-refractivity contribution in [1.82, 2.24) is 9.55 Å². The normalized spacial score (nSPS) is 29.1. The van der Waals surface area contributed by atoms with E-state index in [1.54, 1.807) is 0 Å². The van der Waals surface area contributed by atoms with Crippen LogP contribution in [0.4, 0.5) is 0 Å². The Morgan fingerprint density at radius 3 is 3.00 bits per heavy atom. The van der Waals surface area contributed by atoms with Crippen molar-refractivity contribution in [3.63, 3.8) is 0 Å². The highest BCUT2D eigenvalue weighted by molar-refractivity contribution is 5.03. The monoisotopic (exact) mass is 283 g/mol. The first-order valence-electron chi connectivity index (χ1n) is 5.78. The third kappa shape index (κ3) is 2.21. The highest BCUT2D eigenvalue weighted by Gasteiger charge is 2.48. The number of aromatic nitrogens is 2. The molecule has 10 nitrogen and oxygen atoms in total. The Kier molecular flexibility index (Phi) is 3.64. The van der Waals surface area contributed by atoms with E-state index < -0.39 is 35.9 Å². The van der Waals surface area contributed by atoms with Crippen LogP contribution < -0.4 is 11.2 Å². The number of hydrogen-bond acceptors (Lipinski definition) is 6. The zero-order valence-corrected chi connectivity index (χ0v) is 10.6. The Hall–Kier alpha value is -2.13. The standard InChI is InChI=1S/C10H13N5O5/c1-5-3-15(9(19)12-8(5)18)7-2-6(17)10(4-16,20-7)13-14-11/h3,6-7,16-17H,2,4H2,1H3,(H,12,18,19)/t6?,7-,10-/m1/s1. The average Bonchev–Trinajstić information content (AvgIpc) is 2.72. The maximum Gasteiger partial charge on any atom is 0.330 e. The molecule has 2 heterocycles. The minimum atomic E-state index is -1.83. The molecule has 10 heteroatoms. The van der Waals surface area contributed by atoms with Crippen molar-refractivity contribution < 1.29 is 14.9 Å². The summed E-state index contributed by atoms with van der Waals surface area (Å²) in [5.41, 5.74) is 5.69. The van der Waals surface area contributed by atoms with E-state index in [-0.39, 0.29) is 12.0 Å². The molecule has 0 aromatic carbocycles. The molecular formula is C10H13N5O5. The molecule has 2 rings (SSSR count). The van der Waals surface area contributed by atoms with Crippen LogP contribution in [-0.2, 0) is 4.74 Å². The van der Waals surface area contributed by atoms with Crippen LogP contribution in [0.25, 0.3) is 10.4 Å². The molecular weight excluding hydrogens is 270 g/mol. The Balaban J connectivity index is 2.43. The summed E-state index contributed by atoms with van der Waals surface area (Å²) in [5, 5.41) is 22.4. The highest BCUT2D eigenvalue weighted by Crippen LogP contribution is 2.37. The lowest BCUT2D eigenvalue weighted by molar-refractivity contribution is -0.124. The van der Waals surface area contributed by atoms with Crippen molar-refractivity contribution in [3.8, 4) is 0 Å². The van der Waals surface area contributed by atoms with Crippen LogP contribution in [0.2, 0.25) is 0 Å². The zero-order chi connectivity index (χ0) is 14.9. The number of ether oxygens (including phenoxy) is 1. The molecule has 0 aliphatic carbocycles. The van der Waals surface area contributed by atoms with Crippen LogP contribution in [0.5, 0.6) is 0 Å². The fourth-order valence-corrected chi connectivity index (χ4v) is 2.05. The van der Waals surface area contributed by atoms with Crippen molar-refractivity contribution in [2.75, 3.05) is 6.61 Å². The van der Waals surface area contributed by atoms with E-state index >= 15 is 0 Å². The van der Waals surface area contributed by atoms with Gasteiger partial charge in [0.2, 0.25) is 0 Å². The van der Waals surface area contributed by atoms with Crippen LogP contribution in [-0.4, -0.2) is 38.2 Å². The van der Waals surface area contributed by atoms with Crippen molar-refractivity contribution >= 4 is 0 Å². The Labute approximate surface area is 111 Å². The number of aliphatic hydroxyl groups excluding tert-OH is 2. The number of aliphatic hydroxyl groups is 2. The summed E-state index contributed by atoms with van der Waals surface area (Å²) in [6, 6.07) is 0. The molecule has 108 valence electrons. The topological polar surface area (TPSA) is 153 Å². The predicted molar refractivity (Wildman–Crippen MR) is 65.8 cm³/mol. The predicted octanol–water partition coefficient (Wildman–Crippen LogP) is -0.876. The van der Waals surface area contributed by atoms with Crippen molar-refractivity contribution in [2.24, 2.45) is 5.11 Å². The molecule has 1 fully saturated rings. The maximum atomic E-state index is 11.7. The van der Waals surface area contributed by atoms with Gasteiger partial charge in [-0.25, -0.2) is 4.79 Å². The number of hydrogen-bond donors (Lipinski definition) is 3. The van der Waals surface area contributed by atoms with Gasteiger partial charge in [-0.15, -0.1) is 0 Å². The lowest BCUT2D eigenvalue weighted by Crippen LogP contribution is -2.41. The van der Waals surface area contributed by atoms with Crippen LogP contribution in [0.15, 0.2) is 20.9 Å². The molecule has 0 radical (unpaired) electrons. The smallest absolute Gasteiger partial charge is 0.330 e. The van der Waals surface area contributed by atoms with Crippen LogP contribution in [0, 0.1) is 6.92 Å². The molecule has 1 aliphatic rings. The third-order valence-corrected chi connectivity index (χ3v) is 3.18. The molecule has 1 aromatic heterocycles. The molecule has 1 aliphatic heterocycles. The largest absolute Gasteiger partial charge is 0.393 e. The van der Waals surface area contributed by atoms with Crippen molar-refractivity contribution in [1.29, 1.82) is 0 Å². The quantitative estimate of drug-likeness (QED) is 0.373. The molecule has 0 spiro atoms. The van der Waals surface area contributed by atoms with Gasteiger partial charge in [-0.2, -0.15) is 0 Å². The third-order valence-electron chi connectivity index (χ3n) is 3.18. The minimum absolute atomic E-state index is 0.0645. The molecule has 20 heavy (non-hydrogen) atoms. The van der Waals surface area contributed by atoms with Gasteiger partial charge in [0.25, 0.3) is 5.56 Å². The number of aryl methyl sites for hydroxylation is 1. The van der Waals surface area contributed by atoms with E-state index in [2.05, 4.69) is 15.0 Å². The van der Waals surface area contributed by atoms with Crippen LogP contribution in [0.3, 0.4) is 0 Å². The summed E-state index contributed by atoms with van der Waals surface area (Å²) in [4.78, 5) is 27.6. The molecule has 3 atom stereocenters. The molecule has 1 aromatic rings. The fraction of sp³-hybridized carbons (Fsp3) is 0.600. The van der Waals surface area contributed by atoms with Gasteiger partial charge in [0, 0.05) is 23.1 Å². The summed E-state index contributed by atoms with van der Waals surface area (Å²) in [6.45, 7) is 0.776. The molecule has 1 saturated heterocycles. The summed E-state index contributed by atoms with van der Waals surface area (Å²) < 4.78 is 6.41. The molecule has 0 saturated carbocycles. The second-order valence-corrected chi connectivity index (χ2v) is 4.50. The molecule has 1 unspecified atom stereocenters. The lowest BCUT2D eigenvalue weighted by Gasteiger charge is -2.24. The van der Waals surface area contributed by atoms with E-state index in [1.807, 2.05) is 0 Å². The van der Waals surface area contributed by atoms with Gasteiger partial charge in [-0.05, 0) is 12.5 Å². The second kappa shape index (κ2) is 5.10.